The van der Waals surface area contributed by atoms with Gasteiger partial charge in [-0.2, -0.15) is 5.10 Å². The molecule has 0 heterocycles. The molecule has 2 aromatic carbocycles. The number of rotatable bonds is 8. The van der Waals surface area contributed by atoms with Crippen LogP contribution >= 0.6 is 15.9 Å². The van der Waals surface area contributed by atoms with Crippen LogP contribution in [0.3, 0.4) is 0 Å². The number of hydrazone groups is 1. The number of nitrogens with one attached hydrogen (secondary N) is 1. The van der Waals surface area contributed by atoms with Crippen molar-refractivity contribution >= 4 is 28.1 Å². The van der Waals surface area contributed by atoms with E-state index in [1.54, 1.807) is 56.7 Å². The van der Waals surface area contributed by atoms with Gasteiger partial charge in [0.15, 0.2) is 11.5 Å². The highest BCUT2D eigenvalue weighted by Crippen LogP contribution is 2.27. The van der Waals surface area contributed by atoms with E-state index in [1.165, 1.54) is 6.21 Å². The summed E-state index contributed by atoms with van der Waals surface area (Å²) >= 11 is 3.35. The Labute approximate surface area is 160 Å². The first-order chi connectivity index (χ1) is 12.6. The lowest BCUT2D eigenvalue weighted by molar-refractivity contribution is 0.0951. The van der Waals surface area contributed by atoms with Gasteiger partial charge in [-0.1, -0.05) is 28.6 Å². The van der Waals surface area contributed by atoms with E-state index in [4.69, 9.17) is 14.2 Å². The maximum atomic E-state index is 12.4. The molecule has 0 saturated carbocycles. The molecule has 2 aromatic rings. The molecule has 0 saturated heterocycles. The minimum Gasteiger partial charge on any atom is -0.493 e. The van der Waals surface area contributed by atoms with Crippen LogP contribution in [0, 0.1) is 0 Å². The second-order valence-corrected chi connectivity index (χ2v) is 5.97. The van der Waals surface area contributed by atoms with Crippen LogP contribution in [-0.2, 0) is 0 Å². The monoisotopic (exact) mass is 418 g/mol. The van der Waals surface area contributed by atoms with Crippen molar-refractivity contribution in [2.75, 3.05) is 20.8 Å². The smallest absolute Gasteiger partial charge is 0.275 e. The molecule has 1 N–H and O–H groups in total. The van der Waals surface area contributed by atoms with Gasteiger partial charge in [0.1, 0.15) is 12.4 Å². The van der Waals surface area contributed by atoms with Gasteiger partial charge < -0.3 is 14.2 Å². The molecule has 0 radical (unpaired) electrons. The molecule has 26 heavy (non-hydrogen) atoms. The van der Waals surface area contributed by atoms with Crippen LogP contribution in [0.1, 0.15) is 15.9 Å². The fourth-order valence-corrected chi connectivity index (χ4v) is 2.47. The van der Waals surface area contributed by atoms with Crippen LogP contribution in [0.4, 0.5) is 0 Å². The third-order valence-electron chi connectivity index (χ3n) is 3.33. The molecule has 0 aliphatic rings. The highest BCUT2D eigenvalue weighted by atomic mass is 79.9. The van der Waals surface area contributed by atoms with E-state index in [9.17, 15) is 4.79 Å². The van der Waals surface area contributed by atoms with Gasteiger partial charge in [0.25, 0.3) is 5.91 Å². The summed E-state index contributed by atoms with van der Waals surface area (Å²) in [5.41, 5.74) is 3.61. The minimum atomic E-state index is -0.387. The van der Waals surface area contributed by atoms with E-state index >= 15 is 0 Å². The molecule has 7 heteroatoms. The summed E-state index contributed by atoms with van der Waals surface area (Å²) in [6, 6.07) is 10.5. The standard InChI is InChI=1S/C19H19BrN2O4/c1-4-9-26-16-8-6-14(20)11-15(16)19(23)22-21-12-13-5-7-17(24-2)18(10-13)25-3/h4-8,10-12H,1,9H2,2-3H3,(H,22,23)/b21-12-. The predicted molar refractivity (Wildman–Crippen MR) is 104 cm³/mol. The van der Waals surface area contributed by atoms with Crippen molar-refractivity contribution in [1.82, 2.24) is 5.43 Å². The van der Waals surface area contributed by atoms with E-state index in [0.29, 0.717) is 29.4 Å². The lowest BCUT2D eigenvalue weighted by Gasteiger charge is -2.09. The maximum absolute atomic E-state index is 12.4. The summed E-state index contributed by atoms with van der Waals surface area (Å²) in [5.74, 6) is 1.26. The number of ether oxygens (including phenoxy) is 3. The van der Waals surface area contributed by atoms with E-state index in [0.717, 1.165) is 10.0 Å². The van der Waals surface area contributed by atoms with Crippen molar-refractivity contribution in [2.45, 2.75) is 0 Å². The van der Waals surface area contributed by atoms with E-state index < -0.39 is 0 Å². The number of hydrogen-bond acceptors (Lipinski definition) is 5. The van der Waals surface area contributed by atoms with Gasteiger partial charge in [0, 0.05) is 4.47 Å². The van der Waals surface area contributed by atoms with Crippen molar-refractivity contribution in [2.24, 2.45) is 5.10 Å². The minimum absolute atomic E-state index is 0.302. The van der Waals surface area contributed by atoms with Crippen LogP contribution in [0.2, 0.25) is 0 Å². The zero-order chi connectivity index (χ0) is 18.9. The summed E-state index contributed by atoms with van der Waals surface area (Å²) in [6.45, 7) is 3.90. The van der Waals surface area contributed by atoms with Gasteiger partial charge in [-0.25, -0.2) is 5.43 Å². The van der Waals surface area contributed by atoms with Gasteiger partial charge in [0.2, 0.25) is 0 Å². The Morgan fingerprint density at radius 1 is 1.15 bits per heavy atom. The Kier molecular flexibility index (Phi) is 7.23. The first-order valence-corrected chi connectivity index (χ1v) is 8.47. The average molecular weight is 419 g/mol. The molecule has 0 spiro atoms. The van der Waals surface area contributed by atoms with Crippen LogP contribution in [0.5, 0.6) is 17.2 Å². The average Bonchev–Trinajstić information content (AvgIpc) is 2.66. The van der Waals surface area contributed by atoms with Gasteiger partial charge in [0.05, 0.1) is 26.0 Å². The lowest BCUT2D eigenvalue weighted by atomic mass is 10.2. The summed E-state index contributed by atoms with van der Waals surface area (Å²) in [4.78, 5) is 12.4. The number of carbonyl (C=O) groups excluding carboxylic acids is 1. The number of methoxy groups -OCH3 is 2. The van der Waals surface area contributed by atoms with Crippen LogP contribution in [0.25, 0.3) is 0 Å². The quantitative estimate of drug-likeness (QED) is 0.402. The Morgan fingerprint density at radius 3 is 2.58 bits per heavy atom. The summed E-state index contributed by atoms with van der Waals surface area (Å²) < 4.78 is 16.7. The number of hydrogen-bond donors (Lipinski definition) is 1. The Balaban J connectivity index is 2.12. The summed E-state index contributed by atoms with van der Waals surface area (Å²) in [5, 5.41) is 3.99. The van der Waals surface area contributed by atoms with Crippen molar-refractivity contribution in [3.8, 4) is 17.2 Å². The Hall–Kier alpha value is -2.80. The van der Waals surface area contributed by atoms with Gasteiger partial charge in [-0.15, -0.1) is 0 Å². The zero-order valence-corrected chi connectivity index (χ0v) is 16.1. The molecule has 1 amide bonds. The normalized spacial score (nSPS) is 10.4. The molecule has 2 rings (SSSR count). The molecule has 136 valence electrons. The third-order valence-corrected chi connectivity index (χ3v) is 3.82. The Morgan fingerprint density at radius 2 is 1.88 bits per heavy atom. The SMILES string of the molecule is C=CCOc1ccc(Br)cc1C(=O)N/N=C\c1ccc(OC)c(OC)c1. The van der Waals surface area contributed by atoms with Gasteiger partial charge >= 0.3 is 0 Å². The first kappa shape index (κ1) is 19.5. The second-order valence-electron chi connectivity index (χ2n) is 5.05. The number of halogens is 1. The van der Waals surface area contributed by atoms with Crippen LogP contribution in [-0.4, -0.2) is 32.9 Å². The molecule has 0 atom stereocenters. The first-order valence-electron chi connectivity index (χ1n) is 7.67. The second kappa shape index (κ2) is 9.62. The summed E-state index contributed by atoms with van der Waals surface area (Å²) in [7, 11) is 3.12. The number of carbonyl (C=O) groups is 1. The molecule has 0 bridgehead atoms. The number of nitrogens with zero attached hydrogens (tertiary/aromatic N) is 1. The zero-order valence-electron chi connectivity index (χ0n) is 14.5. The molecule has 6 nitrogen and oxygen atoms in total. The summed E-state index contributed by atoms with van der Waals surface area (Å²) in [6.07, 6.45) is 3.13. The molecule has 0 unspecified atom stereocenters. The van der Waals surface area contributed by atoms with Crippen LogP contribution < -0.4 is 19.6 Å². The molecular weight excluding hydrogens is 400 g/mol. The number of amides is 1. The largest absolute Gasteiger partial charge is 0.493 e. The van der Waals surface area contributed by atoms with Crippen LogP contribution in [0.15, 0.2) is 58.6 Å². The van der Waals surface area contributed by atoms with E-state index in [2.05, 4.69) is 33.0 Å². The van der Waals surface area contributed by atoms with Gasteiger partial charge in [-0.05, 0) is 42.0 Å². The van der Waals surface area contributed by atoms with E-state index in [1.807, 2.05) is 0 Å². The fraction of sp³-hybridized carbons (Fsp3) is 0.158. The lowest BCUT2D eigenvalue weighted by Crippen LogP contribution is -2.19. The van der Waals surface area contributed by atoms with E-state index in [-0.39, 0.29) is 5.91 Å². The highest BCUT2D eigenvalue weighted by molar-refractivity contribution is 9.10. The van der Waals surface area contributed by atoms with Crippen molar-refractivity contribution in [1.29, 1.82) is 0 Å². The van der Waals surface area contributed by atoms with Crippen molar-refractivity contribution in [3.63, 3.8) is 0 Å². The molecule has 0 fully saturated rings. The van der Waals surface area contributed by atoms with Gasteiger partial charge in [-0.3, -0.25) is 4.79 Å². The van der Waals surface area contributed by atoms with Crippen molar-refractivity contribution in [3.05, 3.63) is 64.7 Å². The molecule has 0 aromatic heterocycles. The maximum Gasteiger partial charge on any atom is 0.275 e. The number of benzene rings is 2. The topological polar surface area (TPSA) is 69.2 Å². The fourth-order valence-electron chi connectivity index (χ4n) is 2.11. The third kappa shape index (κ3) is 5.10. The molecular formula is C19H19BrN2O4. The van der Waals surface area contributed by atoms with Crippen molar-refractivity contribution < 1.29 is 19.0 Å². The molecule has 0 aliphatic heterocycles. The molecule has 0 aliphatic carbocycles. The highest BCUT2D eigenvalue weighted by Gasteiger charge is 2.12. The Bertz CT molecular complexity index is 821. The predicted octanol–water partition coefficient (Wildman–Crippen LogP) is 3.80.